The lowest BCUT2D eigenvalue weighted by Gasteiger charge is -2.64. The molecule has 6 rings (SSSR count). The van der Waals surface area contributed by atoms with Crippen LogP contribution in [0.25, 0.3) is 0 Å². The molecule has 10 heteroatoms. The maximum atomic E-state index is 14.0. The third-order valence-electron chi connectivity index (χ3n) is 8.99. The lowest BCUT2D eigenvalue weighted by molar-refractivity contribution is -0.189. The van der Waals surface area contributed by atoms with Crippen LogP contribution in [0.5, 0.6) is 0 Å². The van der Waals surface area contributed by atoms with Crippen molar-refractivity contribution in [1.82, 2.24) is 0 Å². The van der Waals surface area contributed by atoms with Crippen LogP contribution >= 0.6 is 0 Å². The number of hydrogen-bond donors (Lipinski definition) is 1. The van der Waals surface area contributed by atoms with E-state index in [0.717, 1.165) is 29.6 Å². The van der Waals surface area contributed by atoms with Crippen molar-refractivity contribution in [2.24, 2.45) is 17.3 Å². The second-order valence-corrected chi connectivity index (χ2v) is 18.7. The number of rotatable bonds is 8. The van der Waals surface area contributed by atoms with Crippen molar-refractivity contribution < 1.29 is 35.7 Å². The third-order valence-corrected chi connectivity index (χ3v) is 14.9. The van der Waals surface area contributed by atoms with Gasteiger partial charge >= 0.3 is 21.3 Å². The SMILES string of the molecule is CC(C)(C)[Si](OC12CC3CC(CC(COC(=O)C(F)(F)S(=O)(=O)O)(C3)C1)C2)(c1ccccc1)c1ccccc1. The molecule has 0 heterocycles. The summed E-state index contributed by atoms with van der Waals surface area (Å²) in [5, 5.41) is -2.92. The van der Waals surface area contributed by atoms with Crippen molar-refractivity contribution in [2.75, 3.05) is 6.61 Å². The first-order valence-corrected chi connectivity index (χ1v) is 16.8. The van der Waals surface area contributed by atoms with Gasteiger partial charge in [-0.15, -0.1) is 0 Å². The Morgan fingerprint density at radius 1 is 0.949 bits per heavy atom. The van der Waals surface area contributed by atoms with Crippen LogP contribution in [-0.4, -0.2) is 44.7 Å². The van der Waals surface area contributed by atoms with Gasteiger partial charge in [-0.2, -0.15) is 17.2 Å². The van der Waals surface area contributed by atoms with Crippen molar-refractivity contribution in [2.45, 2.75) is 75.2 Å². The normalized spacial score (nSPS) is 28.9. The van der Waals surface area contributed by atoms with Crippen molar-refractivity contribution in [3.63, 3.8) is 0 Å². The molecule has 0 radical (unpaired) electrons. The molecule has 4 fully saturated rings. The van der Waals surface area contributed by atoms with Gasteiger partial charge in [0.2, 0.25) is 0 Å². The summed E-state index contributed by atoms with van der Waals surface area (Å²) in [4.78, 5) is 12.1. The molecule has 2 aromatic rings. The Morgan fingerprint density at radius 2 is 1.44 bits per heavy atom. The Labute approximate surface area is 230 Å². The second kappa shape index (κ2) is 9.46. The largest absolute Gasteiger partial charge is 0.465 e. The number of alkyl halides is 2. The zero-order valence-electron chi connectivity index (χ0n) is 22.5. The molecule has 39 heavy (non-hydrogen) atoms. The van der Waals surface area contributed by atoms with Gasteiger partial charge in [0.15, 0.2) is 0 Å². The molecule has 0 spiro atoms. The van der Waals surface area contributed by atoms with Crippen LogP contribution < -0.4 is 10.4 Å². The predicted molar refractivity (Wildman–Crippen MR) is 146 cm³/mol. The van der Waals surface area contributed by atoms with Gasteiger partial charge in [-0.05, 0) is 65.8 Å². The molecule has 4 saturated carbocycles. The van der Waals surface area contributed by atoms with E-state index in [9.17, 15) is 22.0 Å². The summed E-state index contributed by atoms with van der Waals surface area (Å²) in [5.74, 6) is -1.64. The summed E-state index contributed by atoms with van der Waals surface area (Å²) in [7, 11) is -8.83. The van der Waals surface area contributed by atoms with Crippen molar-refractivity contribution in [3.05, 3.63) is 60.7 Å². The minimum Gasteiger partial charge on any atom is -0.460 e. The van der Waals surface area contributed by atoms with Gasteiger partial charge in [-0.25, -0.2) is 4.79 Å². The Kier molecular flexibility index (Phi) is 6.89. The highest BCUT2D eigenvalue weighted by Crippen LogP contribution is 2.64. The number of hydrogen-bond acceptors (Lipinski definition) is 5. The Bertz CT molecular complexity index is 1270. The van der Waals surface area contributed by atoms with Gasteiger partial charge in [0.1, 0.15) is 0 Å². The number of benzene rings is 2. The maximum absolute atomic E-state index is 14.0. The van der Waals surface area contributed by atoms with Crippen LogP contribution in [0, 0.1) is 17.3 Å². The van der Waals surface area contributed by atoms with Crippen LogP contribution in [0.1, 0.15) is 59.3 Å². The topological polar surface area (TPSA) is 89.9 Å². The standard InChI is InChI=1S/C29H36F2O6SSi/c1-26(2,3)39(23-10-6-4-7-11-23,24-12-8-5-9-13-24)37-28-17-21-14-22(18-28)16-27(15-21,19-28)20-36-25(32)29(30,31)38(33,34)35/h4-13,21-22H,14-20H2,1-3H3,(H,33,34,35). The molecule has 2 unspecified atom stereocenters. The van der Waals surface area contributed by atoms with E-state index >= 15 is 0 Å². The second-order valence-electron chi connectivity index (χ2n) is 13.0. The van der Waals surface area contributed by atoms with E-state index in [1.807, 2.05) is 36.4 Å². The van der Waals surface area contributed by atoms with E-state index < -0.39 is 40.7 Å². The lowest BCUT2D eigenvalue weighted by Crippen LogP contribution is -2.72. The molecule has 4 bridgehead atoms. The zero-order chi connectivity index (χ0) is 28.3. The lowest BCUT2D eigenvalue weighted by atomic mass is 9.48. The first-order chi connectivity index (χ1) is 18.1. The predicted octanol–water partition coefficient (Wildman–Crippen LogP) is 4.93. The minimum atomic E-state index is -5.92. The molecule has 4 aliphatic rings. The molecule has 1 N–H and O–H groups in total. The molecule has 4 aliphatic carbocycles. The number of carbonyl (C=O) groups is 1. The summed E-state index contributed by atoms with van der Waals surface area (Å²) in [6.45, 7) is 6.33. The summed E-state index contributed by atoms with van der Waals surface area (Å²) in [5.41, 5.74) is -1.10. The van der Waals surface area contributed by atoms with E-state index in [1.54, 1.807) is 0 Å². The number of carbonyl (C=O) groups excluding carboxylic acids is 1. The molecule has 0 aliphatic heterocycles. The van der Waals surface area contributed by atoms with Crippen LogP contribution in [0.2, 0.25) is 5.04 Å². The molecule has 0 saturated heterocycles. The monoisotopic (exact) mass is 578 g/mol. The molecule has 2 aromatic carbocycles. The van der Waals surface area contributed by atoms with Gasteiger partial charge in [-0.1, -0.05) is 81.4 Å². The van der Waals surface area contributed by atoms with Crippen molar-refractivity contribution in [3.8, 4) is 0 Å². The zero-order valence-corrected chi connectivity index (χ0v) is 24.3. The fourth-order valence-electron chi connectivity index (χ4n) is 8.04. The highest BCUT2D eigenvalue weighted by atomic mass is 32.2. The smallest absolute Gasteiger partial charge is 0.460 e. The summed E-state index contributed by atoms with van der Waals surface area (Å²) in [6.07, 6.45) is 4.68. The number of halogens is 2. The average molecular weight is 579 g/mol. The van der Waals surface area contributed by atoms with Crippen molar-refractivity contribution in [1.29, 1.82) is 0 Å². The molecule has 6 nitrogen and oxygen atoms in total. The quantitative estimate of drug-likeness (QED) is 0.272. The summed E-state index contributed by atoms with van der Waals surface area (Å²) in [6, 6.07) is 20.7. The van der Waals surface area contributed by atoms with E-state index in [-0.39, 0.29) is 11.6 Å². The highest BCUT2D eigenvalue weighted by molar-refractivity contribution is 7.87. The first kappa shape index (κ1) is 28.4. The molecular formula is C29H36F2O6SSi. The van der Waals surface area contributed by atoms with E-state index in [1.165, 1.54) is 0 Å². The average Bonchev–Trinajstić information content (AvgIpc) is 2.84. The Hall–Kier alpha value is -2.14. The third kappa shape index (κ3) is 4.87. The van der Waals surface area contributed by atoms with Crippen LogP contribution in [0.3, 0.4) is 0 Å². The maximum Gasteiger partial charge on any atom is 0.465 e. The highest BCUT2D eigenvalue weighted by Gasteiger charge is 2.64. The summed E-state index contributed by atoms with van der Waals surface area (Å²) < 4.78 is 71.5. The van der Waals surface area contributed by atoms with E-state index in [0.29, 0.717) is 31.1 Å². The fraction of sp³-hybridized carbons (Fsp3) is 0.552. The van der Waals surface area contributed by atoms with Gasteiger partial charge in [-0.3, -0.25) is 4.55 Å². The van der Waals surface area contributed by atoms with Gasteiger partial charge in [0.25, 0.3) is 8.32 Å². The van der Waals surface area contributed by atoms with Crippen molar-refractivity contribution >= 4 is 34.8 Å². The van der Waals surface area contributed by atoms with E-state index in [4.69, 9.17) is 13.7 Å². The number of ether oxygens (including phenoxy) is 1. The molecule has 212 valence electrons. The van der Waals surface area contributed by atoms with Gasteiger partial charge in [0.05, 0.1) is 12.2 Å². The molecular weight excluding hydrogens is 542 g/mol. The molecule has 0 aromatic heterocycles. The Balaban J connectivity index is 1.52. The number of esters is 1. The van der Waals surface area contributed by atoms with E-state index in [2.05, 4.69) is 45.0 Å². The van der Waals surface area contributed by atoms with Crippen LogP contribution in [-0.2, 0) is 24.1 Å². The van der Waals surface area contributed by atoms with Crippen LogP contribution in [0.4, 0.5) is 8.78 Å². The summed E-state index contributed by atoms with van der Waals surface area (Å²) >= 11 is 0. The molecule has 0 amide bonds. The first-order valence-electron chi connectivity index (χ1n) is 13.4. The molecule has 2 atom stereocenters. The minimum absolute atomic E-state index is 0.240. The van der Waals surface area contributed by atoms with Crippen LogP contribution in [0.15, 0.2) is 60.7 Å². The fourth-order valence-corrected chi connectivity index (χ4v) is 13.1. The van der Waals surface area contributed by atoms with Gasteiger partial charge in [0, 0.05) is 5.41 Å². The van der Waals surface area contributed by atoms with Gasteiger partial charge < -0.3 is 9.16 Å². The Morgan fingerprint density at radius 3 is 1.87 bits per heavy atom.